The summed E-state index contributed by atoms with van der Waals surface area (Å²) in [5, 5.41) is 95.9. The predicted molar refractivity (Wildman–Crippen MR) is 562 cm³/mol. The van der Waals surface area contributed by atoms with Gasteiger partial charge in [-0.05, 0) is 295 Å². The Morgan fingerprint density at radius 2 is 0.455 bits per heavy atom. The van der Waals surface area contributed by atoms with Gasteiger partial charge in [-0.2, -0.15) is 0 Å². The summed E-state index contributed by atoms with van der Waals surface area (Å²) >= 11 is 0. The number of halogens is 4. The van der Waals surface area contributed by atoms with Crippen LogP contribution in [0.2, 0.25) is 0 Å². The summed E-state index contributed by atoms with van der Waals surface area (Å²) in [4.78, 5) is 36.9. The van der Waals surface area contributed by atoms with Gasteiger partial charge in [0.1, 0.15) is 110 Å². The standard InChI is InChI=1S/3C17H18FNO2.3C17H19NO2.C16H16FNO2/c1-11-4-6-14(8-16(11)18)10-21-19-13(3)15-7-5-12(2)17(20)9-15;1-11-4-6-15(16(18)8-11)10-21-19-13(3)14-7-5-12(2)17(20)9-14;1-11-6-14(8-16(18)7-11)10-21-19-13(3)15-5-4-12(2)17(20)9-15;1-12-4-7-15(8-5-12)11-20-18-14(3)16-9-6-13(2)17(19)10-16;2*1-12-5-4-6-15(9-12)11-20-18-14(3)16-8-7-13(2)17(19)10-16;1-11-7-8-13(9-16(11)19)12(2)18-20-10-14-5-3-4-6-15(14)17/h3*4-9,20H,10H2,1-3H3;3*4-10,19H,11H2,1-3H3;3-9,19H,10H2,1-2H3/b3*19-13+;3*18-14+;18-12+. The number of nitrogens with zero attached hydrogens (tertiary/aromatic N) is 7. The summed E-state index contributed by atoms with van der Waals surface area (Å²) in [7, 11) is 0. The maximum absolute atomic E-state index is 13.6. The molecular weight excluding hydrogens is 1820 g/mol. The lowest BCUT2D eigenvalue weighted by atomic mass is 10.1. The van der Waals surface area contributed by atoms with E-state index < -0.39 is 0 Å². The number of oxime groups is 7. The smallest absolute Gasteiger partial charge is 0.145 e. The second-order valence-electron chi connectivity index (χ2n) is 34.5. The first kappa shape index (κ1) is 112. The molecule has 0 fully saturated rings. The topological polar surface area (TPSA) is 293 Å². The summed E-state index contributed by atoms with van der Waals surface area (Å²) in [6, 6.07) is 83.2. The van der Waals surface area contributed by atoms with Crippen LogP contribution in [0.15, 0.2) is 315 Å². The van der Waals surface area contributed by atoms with Crippen molar-refractivity contribution in [2.45, 2.75) is 185 Å². The van der Waals surface area contributed by atoms with Gasteiger partial charge in [-0.25, -0.2) is 17.6 Å². The van der Waals surface area contributed by atoms with Crippen LogP contribution in [0.3, 0.4) is 0 Å². The fourth-order valence-corrected chi connectivity index (χ4v) is 12.9. The minimum absolute atomic E-state index is 0.0707. The zero-order valence-electron chi connectivity index (χ0n) is 84.6. The minimum atomic E-state index is -0.312. The van der Waals surface area contributed by atoms with Crippen LogP contribution in [0.4, 0.5) is 17.6 Å². The highest BCUT2D eigenvalue weighted by molar-refractivity contribution is 6.02. The molecular formula is C118H127F4N7O14. The molecule has 0 amide bonds. The van der Waals surface area contributed by atoms with E-state index in [0.29, 0.717) is 59.4 Å². The normalized spacial score (nSPS) is 11.5. The van der Waals surface area contributed by atoms with Crippen LogP contribution in [0.1, 0.15) is 199 Å². The van der Waals surface area contributed by atoms with Crippen molar-refractivity contribution in [2.24, 2.45) is 36.1 Å². The van der Waals surface area contributed by atoms with Gasteiger partial charge in [-0.15, -0.1) is 0 Å². The summed E-state index contributed by atoms with van der Waals surface area (Å²) in [6.07, 6.45) is 0. The zero-order valence-corrected chi connectivity index (χ0v) is 84.6. The Hall–Kier alpha value is -16.3. The van der Waals surface area contributed by atoms with E-state index in [1.807, 2.05) is 249 Å². The molecule has 14 aromatic rings. The number of phenolic OH excluding ortho intramolecular Hbond substituents is 7. The summed E-state index contributed by atoms with van der Waals surface area (Å²) < 4.78 is 53.6. The number of hydrogen-bond acceptors (Lipinski definition) is 21. The van der Waals surface area contributed by atoms with Crippen LogP contribution in [0, 0.1) is 113 Å². The zero-order chi connectivity index (χ0) is 104. The first-order chi connectivity index (χ1) is 68.1. The van der Waals surface area contributed by atoms with E-state index in [1.165, 1.54) is 47.0 Å². The molecule has 746 valence electrons. The third-order valence-electron chi connectivity index (χ3n) is 22.2. The van der Waals surface area contributed by atoms with Gasteiger partial charge >= 0.3 is 0 Å². The molecule has 0 atom stereocenters. The lowest BCUT2D eigenvalue weighted by Crippen LogP contribution is -1.98. The summed E-state index contributed by atoms with van der Waals surface area (Å²) in [6.45, 7) is 39.0. The van der Waals surface area contributed by atoms with Crippen molar-refractivity contribution in [1.82, 2.24) is 0 Å². The number of hydrogen-bond donors (Lipinski definition) is 7. The predicted octanol–water partition coefficient (Wildman–Crippen LogP) is 27.9. The highest BCUT2D eigenvalue weighted by Crippen LogP contribution is 2.27. The number of aromatic hydroxyl groups is 7. The second kappa shape index (κ2) is 56.7. The van der Waals surface area contributed by atoms with E-state index in [-0.39, 0.29) is 89.9 Å². The van der Waals surface area contributed by atoms with E-state index in [4.69, 9.17) is 33.9 Å². The molecule has 0 aliphatic carbocycles. The quantitative estimate of drug-likeness (QED) is 0.0136. The molecule has 0 spiro atoms. The fourth-order valence-electron chi connectivity index (χ4n) is 12.9. The van der Waals surface area contributed by atoms with E-state index >= 15 is 0 Å². The maximum atomic E-state index is 13.6. The minimum Gasteiger partial charge on any atom is -0.508 e. The van der Waals surface area contributed by atoms with Gasteiger partial charge in [0.05, 0.1) is 40.0 Å². The summed E-state index contributed by atoms with van der Waals surface area (Å²) in [5.41, 5.74) is 27.8. The first-order valence-electron chi connectivity index (χ1n) is 46.1. The van der Waals surface area contributed by atoms with Gasteiger partial charge < -0.3 is 69.6 Å². The monoisotopic (exact) mass is 1940 g/mol. The van der Waals surface area contributed by atoms with Crippen LogP contribution < -0.4 is 0 Å². The van der Waals surface area contributed by atoms with Gasteiger partial charge in [0.25, 0.3) is 0 Å². The average Bonchev–Trinajstić information content (AvgIpc) is 0.880. The van der Waals surface area contributed by atoms with Crippen LogP contribution in [0.5, 0.6) is 40.2 Å². The first-order valence-corrected chi connectivity index (χ1v) is 46.1. The second-order valence-corrected chi connectivity index (χ2v) is 34.5. The Labute approximate surface area is 836 Å². The fraction of sp³-hybridized carbons (Fsp3) is 0.229. The lowest BCUT2D eigenvalue weighted by Gasteiger charge is -2.06. The van der Waals surface area contributed by atoms with Crippen molar-refractivity contribution < 1.29 is 87.2 Å². The summed E-state index contributed by atoms with van der Waals surface area (Å²) in [5.74, 6) is 0.562. The van der Waals surface area contributed by atoms with E-state index in [1.54, 1.807) is 120 Å². The van der Waals surface area contributed by atoms with Crippen molar-refractivity contribution in [3.8, 4) is 40.2 Å². The molecule has 143 heavy (non-hydrogen) atoms. The van der Waals surface area contributed by atoms with E-state index in [0.717, 1.165) is 134 Å². The molecule has 14 aromatic carbocycles. The van der Waals surface area contributed by atoms with Gasteiger partial charge in [-0.3, -0.25) is 0 Å². The number of aryl methyl sites for hydroxylation is 13. The molecule has 14 rings (SSSR count). The Morgan fingerprint density at radius 1 is 0.196 bits per heavy atom. The van der Waals surface area contributed by atoms with Gasteiger partial charge in [0.15, 0.2) is 0 Å². The van der Waals surface area contributed by atoms with Crippen LogP contribution in [-0.4, -0.2) is 75.7 Å². The van der Waals surface area contributed by atoms with Gasteiger partial charge in [0, 0.05) is 50.1 Å². The maximum Gasteiger partial charge on any atom is 0.145 e. The van der Waals surface area contributed by atoms with Gasteiger partial charge in [-0.1, -0.05) is 259 Å². The third kappa shape index (κ3) is 38.4. The molecule has 0 saturated carbocycles. The van der Waals surface area contributed by atoms with Crippen LogP contribution >= 0.6 is 0 Å². The molecule has 0 bridgehead atoms. The molecule has 0 aliphatic rings. The number of rotatable bonds is 28. The molecule has 21 nitrogen and oxygen atoms in total. The van der Waals surface area contributed by atoms with E-state index in [9.17, 15) is 53.3 Å². The molecule has 0 heterocycles. The molecule has 25 heteroatoms. The molecule has 0 aromatic heterocycles. The van der Waals surface area contributed by atoms with Crippen molar-refractivity contribution in [3.63, 3.8) is 0 Å². The van der Waals surface area contributed by atoms with Gasteiger partial charge in [0.2, 0.25) is 0 Å². The molecule has 7 N–H and O–H groups in total. The van der Waals surface area contributed by atoms with Crippen molar-refractivity contribution in [3.05, 3.63) is 453 Å². The van der Waals surface area contributed by atoms with E-state index in [2.05, 4.69) is 55.1 Å². The number of benzene rings is 14. The van der Waals surface area contributed by atoms with Crippen LogP contribution in [0.25, 0.3) is 0 Å². The molecule has 0 aliphatic heterocycles. The lowest BCUT2D eigenvalue weighted by molar-refractivity contribution is 0.128. The highest BCUT2D eigenvalue weighted by atomic mass is 19.1. The van der Waals surface area contributed by atoms with Crippen LogP contribution in [-0.2, 0) is 80.1 Å². The van der Waals surface area contributed by atoms with Crippen molar-refractivity contribution >= 4 is 40.0 Å². The molecule has 0 unspecified atom stereocenters. The Kier molecular flexibility index (Phi) is 44.4. The Balaban J connectivity index is 0.000000204. The largest absolute Gasteiger partial charge is 0.508 e. The molecule has 0 saturated heterocycles. The van der Waals surface area contributed by atoms with Crippen molar-refractivity contribution in [2.75, 3.05) is 0 Å². The highest BCUT2D eigenvalue weighted by Gasteiger charge is 2.13. The third-order valence-corrected chi connectivity index (χ3v) is 22.2. The number of phenols is 7. The van der Waals surface area contributed by atoms with Crippen molar-refractivity contribution in [1.29, 1.82) is 0 Å². The Bertz CT molecular complexity index is 6700. The average molecular weight is 1940 g/mol. The SMILES string of the molecule is C/C(=N\OCc1cc(C)cc(F)c1)c1ccc(C)c(O)c1.C/C(=N\OCc1ccc(C)c(F)c1)c1ccc(C)c(O)c1.C/C(=N\OCc1ccc(C)cc1)c1ccc(C)c(O)c1.C/C(=N\OCc1ccc(C)cc1F)c1ccc(C)c(O)c1.C/C(=N\OCc1cccc(C)c1)c1ccc(C)c(O)c1.C/C(=N\OCc1cccc(C)c1)c1ccc(C)c(O)c1.C/C(=N\OCc1ccccc1F)c1ccc(C)c(O)c1. The molecule has 0 radical (unpaired) electrons. The Morgan fingerprint density at radius 3 is 0.748 bits per heavy atom.